The first-order valence-corrected chi connectivity index (χ1v) is 13.4. The summed E-state index contributed by atoms with van der Waals surface area (Å²) >= 11 is 0. The molecule has 7 rings (SSSR count). The van der Waals surface area contributed by atoms with Crippen LogP contribution in [-0.2, 0) is 19.1 Å². The third-order valence-corrected chi connectivity index (χ3v) is 12.4. The van der Waals surface area contributed by atoms with Gasteiger partial charge in [-0.3, -0.25) is 9.59 Å². The Bertz CT molecular complexity index is 934. The molecule has 6 aliphatic carbocycles. The molecule has 2 N–H and O–H groups in total. The Labute approximate surface area is 195 Å². The molecule has 6 nitrogen and oxygen atoms in total. The van der Waals surface area contributed by atoms with Gasteiger partial charge >= 0.3 is 11.9 Å². The van der Waals surface area contributed by atoms with Crippen molar-refractivity contribution in [2.24, 2.45) is 58.2 Å². The highest BCUT2D eigenvalue weighted by molar-refractivity contribution is 5.96. The van der Waals surface area contributed by atoms with Crippen molar-refractivity contribution < 1.29 is 29.3 Å². The predicted molar refractivity (Wildman–Crippen MR) is 117 cm³/mol. The molecular weight excluding hydrogens is 420 g/mol. The van der Waals surface area contributed by atoms with Crippen molar-refractivity contribution in [3.05, 3.63) is 0 Å². The van der Waals surface area contributed by atoms with Gasteiger partial charge in [-0.15, -0.1) is 0 Å². The normalized spacial score (nSPS) is 61.8. The van der Waals surface area contributed by atoms with Crippen molar-refractivity contribution in [3.8, 4) is 0 Å². The number of ether oxygens (including phenoxy) is 2. The van der Waals surface area contributed by atoms with E-state index in [9.17, 15) is 19.8 Å². The van der Waals surface area contributed by atoms with Crippen LogP contribution in [0.4, 0.5) is 0 Å². The van der Waals surface area contributed by atoms with Gasteiger partial charge in [0.2, 0.25) is 0 Å². The summed E-state index contributed by atoms with van der Waals surface area (Å²) in [5.74, 6) is 1.71. The van der Waals surface area contributed by atoms with E-state index in [1.165, 1.54) is 0 Å². The molecule has 0 radical (unpaired) electrons. The Morgan fingerprint density at radius 1 is 1.06 bits per heavy atom. The minimum atomic E-state index is -0.776. The maximum absolute atomic E-state index is 12.9. The maximum atomic E-state index is 12.9. The van der Waals surface area contributed by atoms with Gasteiger partial charge in [0.05, 0.1) is 18.3 Å². The second-order valence-electron chi connectivity index (χ2n) is 13.2. The number of fused-ring (bicyclic) bond motifs is 12. The fourth-order valence-electron chi connectivity index (χ4n) is 10.9. The predicted octanol–water partition coefficient (Wildman–Crippen LogP) is 3.08. The lowest BCUT2D eigenvalue weighted by atomic mass is 9.42. The summed E-state index contributed by atoms with van der Waals surface area (Å²) in [4.78, 5) is 25.5. The fourth-order valence-corrected chi connectivity index (χ4v) is 10.9. The van der Waals surface area contributed by atoms with E-state index in [1.54, 1.807) is 6.92 Å². The van der Waals surface area contributed by atoms with Crippen molar-refractivity contribution in [2.75, 3.05) is 6.61 Å². The molecule has 0 bridgehead atoms. The molecule has 1 spiro atoms. The molecule has 33 heavy (non-hydrogen) atoms. The Hall–Kier alpha value is -1.14. The summed E-state index contributed by atoms with van der Waals surface area (Å²) in [5, 5.41) is 22.4. The van der Waals surface area contributed by atoms with Crippen LogP contribution in [0.5, 0.6) is 0 Å². The maximum Gasteiger partial charge on any atom is 0.321 e. The van der Waals surface area contributed by atoms with Crippen LogP contribution in [0.3, 0.4) is 0 Å². The number of hydrogen-bond donors (Lipinski definition) is 2. The van der Waals surface area contributed by atoms with Gasteiger partial charge in [0.25, 0.3) is 0 Å². The van der Waals surface area contributed by atoms with Gasteiger partial charge in [-0.05, 0) is 86.4 Å². The van der Waals surface area contributed by atoms with Crippen LogP contribution >= 0.6 is 0 Å². The molecule has 6 saturated carbocycles. The first-order chi connectivity index (χ1) is 15.6. The Morgan fingerprint density at radius 2 is 1.79 bits per heavy atom. The summed E-state index contributed by atoms with van der Waals surface area (Å²) < 4.78 is 11.5. The van der Waals surface area contributed by atoms with Crippen LogP contribution in [0.15, 0.2) is 0 Å². The van der Waals surface area contributed by atoms with Crippen molar-refractivity contribution in [1.82, 2.24) is 0 Å². The zero-order chi connectivity index (χ0) is 23.1. The highest BCUT2D eigenvalue weighted by atomic mass is 16.6. The summed E-state index contributed by atoms with van der Waals surface area (Å²) in [6.45, 7) is 6.73. The summed E-state index contributed by atoms with van der Waals surface area (Å²) in [7, 11) is 0. The SMILES string of the molecule is CCOC(=O)C1CC2(OC1=O)[C@H]1CC1C1C3C(CCC12C)C1(C)CCC(O)CC1(O)[C@@H]1C[C@H]31. The van der Waals surface area contributed by atoms with Crippen LogP contribution < -0.4 is 0 Å². The zero-order valence-corrected chi connectivity index (χ0v) is 20.1. The van der Waals surface area contributed by atoms with Gasteiger partial charge in [-0.25, -0.2) is 0 Å². The molecule has 10 unspecified atom stereocenters. The minimum absolute atomic E-state index is 0.105. The second kappa shape index (κ2) is 6.16. The quantitative estimate of drug-likeness (QED) is 0.488. The number of rotatable bonds is 2. The van der Waals surface area contributed by atoms with Gasteiger partial charge in [-0.1, -0.05) is 13.8 Å². The monoisotopic (exact) mass is 458 g/mol. The summed E-state index contributed by atoms with van der Waals surface area (Å²) in [5.41, 5.74) is -1.51. The Kier molecular flexibility index (Phi) is 3.95. The van der Waals surface area contributed by atoms with Crippen molar-refractivity contribution >= 4 is 11.9 Å². The van der Waals surface area contributed by atoms with Crippen LogP contribution in [0, 0.1) is 58.2 Å². The molecule has 7 aliphatic rings. The largest absolute Gasteiger partial charge is 0.465 e. The standard InChI is InChI=1S/C27H38O6/c1-4-32-22(29)16-12-27(33-23(16)30)19-10-15(19)21-20-14-9-18(14)26(31)11-13(28)5-7-24(26,2)17(20)6-8-25(21,27)3/h13-21,28,31H,4-12H2,1-3H3/t13?,14-,15?,16?,17?,18+,19-,20?,21?,24?,25?,26?,27?/m0/s1. The zero-order valence-electron chi connectivity index (χ0n) is 20.1. The lowest BCUT2D eigenvalue weighted by Gasteiger charge is -2.64. The lowest BCUT2D eigenvalue weighted by molar-refractivity contribution is -0.237. The number of aliphatic hydroxyl groups excluding tert-OH is 1. The van der Waals surface area contributed by atoms with Crippen molar-refractivity contribution in [2.45, 2.75) is 89.4 Å². The molecule has 1 aliphatic heterocycles. The van der Waals surface area contributed by atoms with E-state index < -0.39 is 23.1 Å². The molecule has 7 fully saturated rings. The van der Waals surface area contributed by atoms with Gasteiger partial charge in [-0.2, -0.15) is 0 Å². The van der Waals surface area contributed by atoms with Crippen molar-refractivity contribution in [1.29, 1.82) is 0 Å². The first-order valence-electron chi connectivity index (χ1n) is 13.4. The van der Waals surface area contributed by atoms with E-state index in [1.807, 2.05) is 0 Å². The number of carbonyl (C=O) groups excluding carboxylic acids is 2. The number of carbonyl (C=O) groups is 2. The molecule has 0 aromatic carbocycles. The van der Waals surface area contributed by atoms with Crippen LogP contribution in [0.1, 0.15) is 72.1 Å². The van der Waals surface area contributed by atoms with Gasteiger partial charge in [0.1, 0.15) is 5.60 Å². The number of aliphatic hydroxyl groups is 2. The molecule has 1 saturated heterocycles. The van der Waals surface area contributed by atoms with Gasteiger partial charge < -0.3 is 19.7 Å². The minimum Gasteiger partial charge on any atom is -0.465 e. The molecule has 13 atom stereocenters. The Balaban J connectivity index is 1.25. The van der Waals surface area contributed by atoms with E-state index in [0.717, 1.165) is 38.5 Å². The third-order valence-electron chi connectivity index (χ3n) is 12.4. The van der Waals surface area contributed by atoms with Crippen LogP contribution in [0.2, 0.25) is 0 Å². The molecule has 0 aromatic rings. The molecule has 0 amide bonds. The molecule has 6 heteroatoms. The fraction of sp³-hybridized carbons (Fsp3) is 0.926. The molecular formula is C27H38O6. The summed E-state index contributed by atoms with van der Waals surface area (Å²) in [6.07, 6.45) is 6.52. The molecule has 182 valence electrons. The highest BCUT2D eigenvalue weighted by Crippen LogP contribution is 2.83. The second-order valence-corrected chi connectivity index (χ2v) is 13.2. The van der Waals surface area contributed by atoms with E-state index in [4.69, 9.17) is 9.47 Å². The van der Waals surface area contributed by atoms with Crippen LogP contribution in [0.25, 0.3) is 0 Å². The number of esters is 2. The smallest absolute Gasteiger partial charge is 0.321 e. The average molecular weight is 459 g/mol. The summed E-state index contributed by atoms with van der Waals surface area (Å²) in [6, 6.07) is 0. The van der Waals surface area contributed by atoms with E-state index in [0.29, 0.717) is 54.3 Å². The van der Waals surface area contributed by atoms with Gasteiger partial charge in [0.15, 0.2) is 5.92 Å². The van der Waals surface area contributed by atoms with E-state index in [-0.39, 0.29) is 29.5 Å². The molecule has 1 heterocycles. The first kappa shape index (κ1) is 21.2. The topological polar surface area (TPSA) is 93.1 Å². The molecule has 0 aromatic heterocycles. The lowest BCUT2D eigenvalue weighted by Crippen LogP contribution is -2.65. The number of hydrogen-bond acceptors (Lipinski definition) is 6. The van der Waals surface area contributed by atoms with Crippen LogP contribution in [-0.4, -0.2) is 46.1 Å². The van der Waals surface area contributed by atoms with Gasteiger partial charge in [0, 0.05) is 24.2 Å². The average Bonchev–Trinajstić information content (AvgIpc) is 3.66. The Morgan fingerprint density at radius 3 is 2.55 bits per heavy atom. The third kappa shape index (κ3) is 2.25. The van der Waals surface area contributed by atoms with E-state index >= 15 is 0 Å². The highest BCUT2D eigenvalue weighted by Gasteiger charge is 2.83. The van der Waals surface area contributed by atoms with Crippen molar-refractivity contribution in [3.63, 3.8) is 0 Å². The van der Waals surface area contributed by atoms with E-state index in [2.05, 4.69) is 13.8 Å².